The quantitative estimate of drug-likeness (QED) is 0.453. The molecule has 0 heterocycles. The SMILES string of the molecule is C[Si](C)(C)C/C=C/C(F)(F)F. The summed E-state index contributed by atoms with van der Waals surface area (Å²) in [6, 6.07) is 0.590. The van der Waals surface area contributed by atoms with Gasteiger partial charge in [-0.05, 0) is 6.04 Å². The van der Waals surface area contributed by atoms with Gasteiger partial charge >= 0.3 is 6.18 Å². The molecule has 0 saturated carbocycles. The second-order valence-electron chi connectivity index (χ2n) is 3.71. The van der Waals surface area contributed by atoms with Crippen LogP contribution in [0.5, 0.6) is 0 Å². The van der Waals surface area contributed by atoms with Crippen LogP contribution in [-0.4, -0.2) is 14.3 Å². The lowest BCUT2D eigenvalue weighted by Gasteiger charge is -2.11. The molecule has 0 amide bonds. The fourth-order valence-corrected chi connectivity index (χ4v) is 1.37. The van der Waals surface area contributed by atoms with Gasteiger partial charge in [-0.3, -0.25) is 0 Å². The molecule has 11 heavy (non-hydrogen) atoms. The number of rotatable bonds is 2. The molecule has 0 bridgehead atoms. The van der Waals surface area contributed by atoms with Crippen LogP contribution in [0, 0.1) is 0 Å². The summed E-state index contributed by atoms with van der Waals surface area (Å²) in [5.41, 5.74) is 0. The van der Waals surface area contributed by atoms with Gasteiger partial charge in [-0.1, -0.05) is 25.7 Å². The molecule has 0 aliphatic rings. The third-order valence-corrected chi connectivity index (χ3v) is 2.50. The Morgan fingerprint density at radius 1 is 1.18 bits per heavy atom. The Balaban J connectivity index is 3.80. The van der Waals surface area contributed by atoms with Crippen molar-refractivity contribution in [3.63, 3.8) is 0 Å². The zero-order valence-electron chi connectivity index (χ0n) is 7.00. The van der Waals surface area contributed by atoms with E-state index in [9.17, 15) is 13.2 Å². The van der Waals surface area contributed by atoms with Crippen LogP contribution in [-0.2, 0) is 0 Å². The standard InChI is InChI=1S/C7H13F3Si/c1-11(2,3)6-4-5-7(8,9)10/h4-5H,6H2,1-3H3/b5-4+. The van der Waals surface area contributed by atoms with Crippen LogP contribution in [0.25, 0.3) is 0 Å². The highest BCUT2D eigenvalue weighted by molar-refractivity contribution is 6.76. The molecule has 0 rings (SSSR count). The van der Waals surface area contributed by atoms with Gasteiger partial charge in [-0.25, -0.2) is 0 Å². The van der Waals surface area contributed by atoms with E-state index >= 15 is 0 Å². The zero-order valence-corrected chi connectivity index (χ0v) is 8.00. The van der Waals surface area contributed by atoms with E-state index in [4.69, 9.17) is 0 Å². The topological polar surface area (TPSA) is 0 Å². The molecular formula is C7H13F3Si. The number of hydrogen-bond donors (Lipinski definition) is 0. The molecule has 0 saturated heterocycles. The number of alkyl halides is 3. The molecule has 66 valence electrons. The van der Waals surface area contributed by atoms with Gasteiger partial charge in [0.15, 0.2) is 0 Å². The summed E-state index contributed by atoms with van der Waals surface area (Å²) < 4.78 is 34.7. The Kier molecular flexibility index (Phi) is 3.35. The maximum absolute atomic E-state index is 11.6. The Morgan fingerprint density at radius 2 is 1.64 bits per heavy atom. The average Bonchev–Trinajstić information content (AvgIpc) is 1.55. The third kappa shape index (κ3) is 9.75. The molecule has 0 spiro atoms. The van der Waals surface area contributed by atoms with Crippen molar-refractivity contribution in [1.82, 2.24) is 0 Å². The second kappa shape index (κ2) is 3.43. The zero-order chi connectivity index (χ0) is 9.12. The first-order valence-corrected chi connectivity index (χ1v) is 7.16. The molecule has 0 aromatic rings. The molecule has 0 unspecified atom stereocenters. The van der Waals surface area contributed by atoms with E-state index in [0.29, 0.717) is 12.1 Å². The predicted octanol–water partition coefficient (Wildman–Crippen LogP) is 3.44. The molecule has 0 aliphatic heterocycles. The largest absolute Gasteiger partial charge is 0.409 e. The Labute approximate surface area is 66.1 Å². The van der Waals surface area contributed by atoms with E-state index in [-0.39, 0.29) is 0 Å². The molecule has 0 atom stereocenters. The van der Waals surface area contributed by atoms with Crippen molar-refractivity contribution in [3.8, 4) is 0 Å². The first kappa shape index (κ1) is 10.7. The molecule has 0 aromatic carbocycles. The van der Waals surface area contributed by atoms with Crippen LogP contribution in [0.2, 0.25) is 25.7 Å². The Morgan fingerprint density at radius 3 is 1.91 bits per heavy atom. The summed E-state index contributed by atoms with van der Waals surface area (Å²) >= 11 is 0. The van der Waals surface area contributed by atoms with Crippen LogP contribution in [0.4, 0.5) is 13.2 Å². The van der Waals surface area contributed by atoms with Crippen LogP contribution in [0.3, 0.4) is 0 Å². The number of hydrogen-bond acceptors (Lipinski definition) is 0. The molecule has 0 fully saturated rings. The van der Waals surface area contributed by atoms with Crippen LogP contribution in [0.15, 0.2) is 12.2 Å². The van der Waals surface area contributed by atoms with Gasteiger partial charge < -0.3 is 0 Å². The third-order valence-electron chi connectivity index (χ3n) is 1.04. The lowest BCUT2D eigenvalue weighted by Crippen LogP contribution is -2.17. The fraction of sp³-hybridized carbons (Fsp3) is 0.714. The smallest absolute Gasteiger partial charge is 0.167 e. The first-order chi connectivity index (χ1) is 4.71. The minimum absolute atomic E-state index is 0.325. The van der Waals surface area contributed by atoms with Gasteiger partial charge in [0, 0.05) is 14.1 Å². The normalized spacial score (nSPS) is 14.4. The van der Waals surface area contributed by atoms with Crippen molar-refractivity contribution in [2.24, 2.45) is 0 Å². The molecule has 0 nitrogen and oxygen atoms in total. The lowest BCUT2D eigenvalue weighted by atomic mass is 10.5. The molecule has 0 aromatic heterocycles. The Bertz CT molecular complexity index is 141. The van der Waals surface area contributed by atoms with E-state index in [1.807, 2.05) is 19.6 Å². The van der Waals surface area contributed by atoms with E-state index in [1.165, 1.54) is 6.08 Å². The van der Waals surface area contributed by atoms with Gasteiger partial charge in [-0.2, -0.15) is 13.2 Å². The van der Waals surface area contributed by atoms with Gasteiger partial charge in [0.2, 0.25) is 0 Å². The van der Waals surface area contributed by atoms with Crippen LogP contribution >= 0.6 is 0 Å². The second-order valence-corrected chi connectivity index (χ2v) is 9.24. The summed E-state index contributed by atoms with van der Waals surface area (Å²) in [4.78, 5) is 0. The highest BCUT2D eigenvalue weighted by Crippen LogP contribution is 2.18. The maximum Gasteiger partial charge on any atom is 0.409 e. The summed E-state index contributed by atoms with van der Waals surface area (Å²) in [5.74, 6) is 0. The van der Waals surface area contributed by atoms with Crippen molar-refractivity contribution in [2.45, 2.75) is 31.9 Å². The molecular weight excluding hydrogens is 169 g/mol. The summed E-state index contributed by atoms with van der Waals surface area (Å²) in [7, 11) is -1.34. The molecule has 4 heteroatoms. The van der Waals surface area contributed by atoms with E-state index in [2.05, 4.69) is 0 Å². The summed E-state index contributed by atoms with van der Waals surface area (Å²) in [6.07, 6.45) is -2.59. The maximum atomic E-state index is 11.6. The van der Waals surface area contributed by atoms with Crippen molar-refractivity contribution in [3.05, 3.63) is 12.2 Å². The highest BCUT2D eigenvalue weighted by Gasteiger charge is 2.22. The lowest BCUT2D eigenvalue weighted by molar-refractivity contribution is -0.0799. The molecule has 0 radical (unpaired) electrons. The van der Waals surface area contributed by atoms with Crippen molar-refractivity contribution in [1.29, 1.82) is 0 Å². The van der Waals surface area contributed by atoms with E-state index < -0.39 is 14.3 Å². The number of halogens is 3. The monoisotopic (exact) mass is 182 g/mol. The minimum atomic E-state index is -4.14. The van der Waals surface area contributed by atoms with Gasteiger partial charge in [0.25, 0.3) is 0 Å². The van der Waals surface area contributed by atoms with Gasteiger partial charge in [0.05, 0.1) is 0 Å². The average molecular weight is 182 g/mol. The van der Waals surface area contributed by atoms with Gasteiger partial charge in [-0.15, -0.1) is 0 Å². The first-order valence-electron chi connectivity index (χ1n) is 3.45. The summed E-state index contributed by atoms with van der Waals surface area (Å²) in [5, 5.41) is 0. The minimum Gasteiger partial charge on any atom is -0.167 e. The van der Waals surface area contributed by atoms with Crippen LogP contribution in [0.1, 0.15) is 0 Å². The Hall–Kier alpha value is -0.253. The molecule has 0 aliphatic carbocycles. The predicted molar refractivity (Wildman–Crippen MR) is 43.3 cm³/mol. The van der Waals surface area contributed by atoms with Crippen molar-refractivity contribution >= 4 is 8.07 Å². The molecule has 0 N–H and O–H groups in total. The fourth-order valence-electron chi connectivity index (χ4n) is 0.546. The van der Waals surface area contributed by atoms with Crippen molar-refractivity contribution in [2.75, 3.05) is 0 Å². The number of allylic oxidation sites excluding steroid dienone is 2. The van der Waals surface area contributed by atoms with E-state index in [1.54, 1.807) is 0 Å². The van der Waals surface area contributed by atoms with E-state index in [0.717, 1.165) is 0 Å². The van der Waals surface area contributed by atoms with Crippen LogP contribution < -0.4 is 0 Å². The van der Waals surface area contributed by atoms with Gasteiger partial charge in [0.1, 0.15) is 0 Å². The summed E-state index contributed by atoms with van der Waals surface area (Å²) in [6.45, 7) is 6.11. The highest BCUT2D eigenvalue weighted by atomic mass is 28.3. The van der Waals surface area contributed by atoms with Crippen molar-refractivity contribution < 1.29 is 13.2 Å².